The van der Waals surface area contributed by atoms with E-state index < -0.39 is 0 Å². The maximum atomic E-state index is 2.68. The molecule has 0 spiro atoms. The number of fused-ring (bicyclic) bond motifs is 9. The van der Waals surface area contributed by atoms with Gasteiger partial charge in [0, 0.05) is 33.1 Å². The smallest absolute Gasteiger partial charge is 0.0546 e. The first-order chi connectivity index (χ1) is 31.5. The second-order valence-corrected chi connectivity index (χ2v) is 26.4. The van der Waals surface area contributed by atoms with Crippen LogP contribution in [-0.2, 0) is 37.9 Å². The minimum absolute atomic E-state index is 0.0344. The van der Waals surface area contributed by atoms with Gasteiger partial charge in [-0.15, -0.1) is 0 Å². The fourth-order valence-corrected chi connectivity index (χ4v) is 11.9. The van der Waals surface area contributed by atoms with Gasteiger partial charge in [-0.25, -0.2) is 0 Å². The summed E-state index contributed by atoms with van der Waals surface area (Å²) in [6.07, 6.45) is 0. The molecular weight excluding hydrogens is 819 g/mol. The number of nitrogens with zero attached hydrogens (tertiary/aromatic N) is 1. The Morgan fingerprint density at radius 2 is 0.676 bits per heavy atom. The van der Waals surface area contributed by atoms with E-state index in [0.29, 0.717) is 0 Å². The SMILES string of the molecule is CC(C)(C)c1ccc2c(c1)C(C)(C)c1cc(C(C)(C)C)cc(N(c3ccc(-c4ccc5c(c4)C(C)(C)c4ccccc4-5)cc3)c3cc(C(C)(C)C)cc4c3-c3ccc(C(C)(C)C)cc3C4(C)C)c1-2. The summed E-state index contributed by atoms with van der Waals surface area (Å²) in [6, 6.07) is 50.6. The molecule has 3 aliphatic rings. The fourth-order valence-electron chi connectivity index (χ4n) is 11.9. The average Bonchev–Trinajstić information content (AvgIpc) is 3.74. The first kappa shape index (κ1) is 46.1. The molecule has 0 atom stereocenters. The van der Waals surface area contributed by atoms with Crippen LogP contribution in [0, 0.1) is 0 Å². The van der Waals surface area contributed by atoms with Gasteiger partial charge in [-0.05, 0) is 141 Å². The molecule has 3 aliphatic carbocycles. The lowest BCUT2D eigenvalue weighted by atomic mass is 9.77. The van der Waals surface area contributed by atoms with Gasteiger partial charge in [0.25, 0.3) is 0 Å². The van der Waals surface area contributed by atoms with E-state index in [0.717, 1.165) is 0 Å². The number of rotatable bonds is 4. The molecule has 348 valence electrons. The molecule has 0 fully saturated rings. The third-order valence-corrected chi connectivity index (χ3v) is 16.5. The molecule has 7 aromatic rings. The Labute approximate surface area is 410 Å². The lowest BCUT2D eigenvalue weighted by Gasteiger charge is -2.35. The molecule has 68 heavy (non-hydrogen) atoms. The minimum atomic E-state index is -0.203. The highest BCUT2D eigenvalue weighted by Gasteiger charge is 2.44. The van der Waals surface area contributed by atoms with Crippen molar-refractivity contribution in [3.05, 3.63) is 183 Å². The summed E-state index contributed by atoms with van der Waals surface area (Å²) in [5.74, 6) is 0. The second-order valence-electron chi connectivity index (χ2n) is 26.4. The highest BCUT2D eigenvalue weighted by molar-refractivity contribution is 6.01. The maximum absolute atomic E-state index is 2.68. The zero-order chi connectivity index (χ0) is 49.1. The Bertz CT molecular complexity index is 3060. The van der Waals surface area contributed by atoms with Crippen molar-refractivity contribution in [1.82, 2.24) is 0 Å². The van der Waals surface area contributed by atoms with Crippen molar-refractivity contribution in [3.8, 4) is 44.5 Å². The fraction of sp³-hybridized carbons (Fsp3) is 0.373. The largest absolute Gasteiger partial charge is 0.309 e. The van der Waals surface area contributed by atoms with Gasteiger partial charge in [0.15, 0.2) is 0 Å². The minimum Gasteiger partial charge on any atom is -0.309 e. The van der Waals surface area contributed by atoms with Gasteiger partial charge in [-0.3, -0.25) is 0 Å². The molecule has 0 heterocycles. The van der Waals surface area contributed by atoms with Crippen LogP contribution in [0.4, 0.5) is 17.1 Å². The number of hydrogen-bond acceptors (Lipinski definition) is 1. The van der Waals surface area contributed by atoms with Crippen LogP contribution in [0.25, 0.3) is 44.5 Å². The highest BCUT2D eigenvalue weighted by atomic mass is 15.1. The van der Waals surface area contributed by atoms with Crippen molar-refractivity contribution < 1.29 is 0 Å². The molecule has 0 aromatic heterocycles. The van der Waals surface area contributed by atoms with E-state index in [1.807, 2.05) is 0 Å². The Morgan fingerprint density at radius 1 is 0.309 bits per heavy atom. The molecule has 0 saturated carbocycles. The van der Waals surface area contributed by atoms with E-state index in [4.69, 9.17) is 0 Å². The van der Waals surface area contributed by atoms with Gasteiger partial charge >= 0.3 is 0 Å². The summed E-state index contributed by atoms with van der Waals surface area (Å²) in [6.45, 7) is 42.9. The van der Waals surface area contributed by atoms with E-state index in [-0.39, 0.29) is 37.9 Å². The van der Waals surface area contributed by atoms with E-state index >= 15 is 0 Å². The molecule has 0 radical (unpaired) electrons. The van der Waals surface area contributed by atoms with Gasteiger partial charge < -0.3 is 4.90 Å². The number of anilines is 3. The van der Waals surface area contributed by atoms with Crippen LogP contribution in [-0.4, -0.2) is 0 Å². The second kappa shape index (κ2) is 14.7. The zero-order valence-corrected chi connectivity index (χ0v) is 44.6. The molecule has 0 amide bonds. The van der Waals surface area contributed by atoms with Crippen molar-refractivity contribution in [2.24, 2.45) is 0 Å². The summed E-state index contributed by atoms with van der Waals surface area (Å²) in [5.41, 5.74) is 27.6. The zero-order valence-electron chi connectivity index (χ0n) is 44.6. The van der Waals surface area contributed by atoms with Crippen LogP contribution in [0.15, 0.2) is 127 Å². The van der Waals surface area contributed by atoms with Gasteiger partial charge in [-0.1, -0.05) is 222 Å². The Kier molecular flexibility index (Phi) is 9.95. The summed E-state index contributed by atoms with van der Waals surface area (Å²) >= 11 is 0. The normalized spacial score (nSPS) is 16.1. The van der Waals surface area contributed by atoms with Crippen LogP contribution < -0.4 is 4.90 Å². The third kappa shape index (κ3) is 6.99. The number of hydrogen-bond donors (Lipinski definition) is 0. The van der Waals surface area contributed by atoms with Crippen LogP contribution in [0.3, 0.4) is 0 Å². The Morgan fingerprint density at radius 3 is 1.13 bits per heavy atom. The lowest BCUT2D eigenvalue weighted by Crippen LogP contribution is -2.22. The van der Waals surface area contributed by atoms with Crippen LogP contribution in [0.2, 0.25) is 0 Å². The summed E-state index contributed by atoms with van der Waals surface area (Å²) in [5, 5.41) is 0. The Balaban J connectivity index is 1.27. The van der Waals surface area contributed by atoms with Crippen molar-refractivity contribution in [1.29, 1.82) is 0 Å². The first-order valence-electron chi connectivity index (χ1n) is 25.3. The van der Waals surface area contributed by atoms with Crippen LogP contribution in [0.5, 0.6) is 0 Å². The van der Waals surface area contributed by atoms with Crippen molar-refractivity contribution in [3.63, 3.8) is 0 Å². The molecule has 0 bridgehead atoms. The predicted octanol–water partition coefficient (Wildman–Crippen LogP) is 18.9. The van der Waals surface area contributed by atoms with E-state index in [2.05, 4.69) is 257 Å². The Hall–Kier alpha value is -5.66. The van der Waals surface area contributed by atoms with E-state index in [9.17, 15) is 0 Å². The van der Waals surface area contributed by atoms with Crippen molar-refractivity contribution in [2.75, 3.05) is 4.90 Å². The van der Waals surface area contributed by atoms with E-state index in [1.165, 1.54) is 117 Å². The molecule has 0 aliphatic heterocycles. The van der Waals surface area contributed by atoms with Gasteiger partial charge in [0.1, 0.15) is 0 Å². The predicted molar refractivity (Wildman–Crippen MR) is 294 cm³/mol. The molecule has 1 heteroatoms. The van der Waals surface area contributed by atoms with E-state index in [1.54, 1.807) is 0 Å². The van der Waals surface area contributed by atoms with Gasteiger partial charge in [0.05, 0.1) is 11.4 Å². The lowest BCUT2D eigenvalue weighted by molar-refractivity contribution is 0.580. The highest BCUT2D eigenvalue weighted by Crippen LogP contribution is 2.60. The van der Waals surface area contributed by atoms with Crippen LogP contribution in [0.1, 0.15) is 180 Å². The summed E-state index contributed by atoms with van der Waals surface area (Å²) < 4.78 is 0. The average molecular weight is 894 g/mol. The molecule has 0 unspecified atom stereocenters. The molecule has 1 nitrogen and oxygen atoms in total. The quantitative estimate of drug-likeness (QED) is 0.170. The molecule has 0 saturated heterocycles. The monoisotopic (exact) mass is 894 g/mol. The maximum Gasteiger partial charge on any atom is 0.0546 e. The summed E-state index contributed by atoms with van der Waals surface area (Å²) in [4.78, 5) is 2.68. The molecule has 7 aromatic carbocycles. The van der Waals surface area contributed by atoms with Crippen LogP contribution >= 0.6 is 0 Å². The summed E-state index contributed by atoms with van der Waals surface area (Å²) in [7, 11) is 0. The van der Waals surface area contributed by atoms with Crippen molar-refractivity contribution in [2.45, 2.75) is 163 Å². The molecule has 10 rings (SSSR count). The number of benzene rings is 7. The standard InChI is InChI=1S/C67H75N/c1-61(2,3)42-26-31-49-53(34-42)66(15,16)55-36-44(63(7,8)9)38-57(59(49)55)68(46-28-23-40(24-29-46)41-25-30-48-47-21-19-20-22-51(47)65(13,14)52(48)33-41)58-39-45(64(10,11)12)37-56-60(58)50-32-27-43(62(4,5)6)35-54(50)67(56,17)18/h19-39H,1-18H3. The molecule has 0 N–H and O–H groups in total. The van der Waals surface area contributed by atoms with Gasteiger partial charge in [0.2, 0.25) is 0 Å². The third-order valence-electron chi connectivity index (χ3n) is 16.5. The van der Waals surface area contributed by atoms with Crippen molar-refractivity contribution >= 4 is 17.1 Å². The molecular formula is C67H75N. The topological polar surface area (TPSA) is 3.24 Å². The first-order valence-corrected chi connectivity index (χ1v) is 25.3. The van der Waals surface area contributed by atoms with Gasteiger partial charge in [-0.2, -0.15) is 0 Å².